The van der Waals surface area contributed by atoms with Crippen molar-refractivity contribution in [3.8, 4) is 6.07 Å². The van der Waals surface area contributed by atoms with Crippen molar-refractivity contribution in [2.45, 2.75) is 37.5 Å². The van der Waals surface area contributed by atoms with Gasteiger partial charge < -0.3 is 0 Å². The van der Waals surface area contributed by atoms with Crippen LogP contribution in [0.3, 0.4) is 0 Å². The Kier molecular flexibility index (Phi) is 5.24. The highest BCUT2D eigenvalue weighted by molar-refractivity contribution is 7.89. The summed E-state index contributed by atoms with van der Waals surface area (Å²) in [5, 5.41) is 8.50. The Bertz CT molecular complexity index is 685. The lowest BCUT2D eigenvalue weighted by Crippen LogP contribution is -2.53. The number of sulfonamides is 1. The van der Waals surface area contributed by atoms with Gasteiger partial charge in [-0.25, -0.2) is 8.42 Å². The van der Waals surface area contributed by atoms with Crippen LogP contribution in [0.5, 0.6) is 0 Å². The Labute approximate surface area is 144 Å². The van der Waals surface area contributed by atoms with E-state index in [4.69, 9.17) is 5.26 Å². The highest BCUT2D eigenvalue weighted by Crippen LogP contribution is 2.35. The van der Waals surface area contributed by atoms with Gasteiger partial charge in [0.25, 0.3) is 0 Å². The van der Waals surface area contributed by atoms with Crippen LogP contribution < -0.4 is 0 Å². The minimum atomic E-state index is -3.23. The molecule has 1 aliphatic heterocycles. The van der Waals surface area contributed by atoms with Crippen molar-refractivity contribution in [2.75, 3.05) is 26.2 Å². The Hall–Kier alpha value is -1.42. The van der Waals surface area contributed by atoms with E-state index < -0.39 is 10.0 Å². The number of hydrogen-bond donors (Lipinski definition) is 0. The van der Waals surface area contributed by atoms with Gasteiger partial charge in [-0.3, -0.25) is 4.90 Å². The van der Waals surface area contributed by atoms with Crippen molar-refractivity contribution in [3.63, 3.8) is 0 Å². The van der Waals surface area contributed by atoms with Crippen LogP contribution in [0.4, 0.5) is 0 Å². The normalized spacial score (nSPS) is 27.2. The van der Waals surface area contributed by atoms with Gasteiger partial charge in [0.2, 0.25) is 10.0 Å². The van der Waals surface area contributed by atoms with Gasteiger partial charge in [0.1, 0.15) is 0 Å². The summed E-state index contributed by atoms with van der Waals surface area (Å²) in [6.07, 6.45) is 2.02. The molecule has 1 unspecified atom stereocenters. The lowest BCUT2D eigenvalue weighted by atomic mass is 9.86. The van der Waals surface area contributed by atoms with E-state index >= 15 is 0 Å². The molecule has 3 rings (SSSR count). The number of nitriles is 1. The van der Waals surface area contributed by atoms with Gasteiger partial charge in [0.15, 0.2) is 0 Å². The minimum Gasteiger partial charge on any atom is -0.294 e. The molecule has 1 aliphatic carbocycles. The summed E-state index contributed by atoms with van der Waals surface area (Å²) in [7, 11) is -3.23. The van der Waals surface area contributed by atoms with Gasteiger partial charge in [-0.1, -0.05) is 37.3 Å². The van der Waals surface area contributed by atoms with E-state index in [-0.39, 0.29) is 11.2 Å². The maximum absolute atomic E-state index is 12.6. The van der Waals surface area contributed by atoms with E-state index in [0.29, 0.717) is 32.0 Å². The van der Waals surface area contributed by atoms with Crippen LogP contribution >= 0.6 is 0 Å². The number of benzene rings is 1. The zero-order valence-electron chi connectivity index (χ0n) is 14.1. The van der Waals surface area contributed by atoms with E-state index in [1.807, 2.05) is 6.07 Å². The second kappa shape index (κ2) is 7.22. The van der Waals surface area contributed by atoms with E-state index in [9.17, 15) is 8.42 Å². The quantitative estimate of drug-likeness (QED) is 0.820. The molecule has 1 aromatic carbocycles. The third-order valence-corrected chi connectivity index (χ3v) is 7.66. The van der Waals surface area contributed by atoms with Crippen molar-refractivity contribution in [2.24, 2.45) is 5.92 Å². The van der Waals surface area contributed by atoms with Gasteiger partial charge in [-0.15, -0.1) is 0 Å². The number of piperazine rings is 1. The van der Waals surface area contributed by atoms with Gasteiger partial charge in [0, 0.05) is 38.1 Å². The summed E-state index contributed by atoms with van der Waals surface area (Å²) in [6, 6.07) is 12.9. The molecule has 1 saturated heterocycles. The van der Waals surface area contributed by atoms with E-state index in [1.165, 1.54) is 5.56 Å². The zero-order valence-corrected chi connectivity index (χ0v) is 15.0. The smallest absolute Gasteiger partial charge is 0.217 e. The van der Waals surface area contributed by atoms with Crippen molar-refractivity contribution in [3.05, 3.63) is 35.9 Å². The lowest BCUT2D eigenvalue weighted by Gasteiger charge is -2.41. The van der Waals surface area contributed by atoms with E-state index in [0.717, 1.165) is 19.5 Å². The molecule has 24 heavy (non-hydrogen) atoms. The second-order valence-electron chi connectivity index (χ2n) is 6.73. The first-order chi connectivity index (χ1) is 11.6. The third kappa shape index (κ3) is 3.34. The van der Waals surface area contributed by atoms with Crippen LogP contribution in [0.15, 0.2) is 30.3 Å². The highest BCUT2D eigenvalue weighted by Gasteiger charge is 2.43. The predicted octanol–water partition coefficient (Wildman–Crippen LogP) is 2.39. The molecular formula is C18H25N3O2S. The molecule has 1 atom stereocenters. The van der Waals surface area contributed by atoms with E-state index in [1.54, 1.807) is 4.31 Å². The molecule has 0 radical (unpaired) electrons. The molecule has 5 nitrogen and oxygen atoms in total. The fourth-order valence-corrected chi connectivity index (χ4v) is 5.82. The summed E-state index contributed by atoms with van der Waals surface area (Å²) in [4.78, 5) is 2.39. The molecule has 6 heteroatoms. The average molecular weight is 347 g/mol. The van der Waals surface area contributed by atoms with Crippen LogP contribution in [-0.4, -0.2) is 49.1 Å². The molecule has 130 valence electrons. The maximum Gasteiger partial charge on any atom is 0.217 e. The molecule has 0 aromatic heterocycles. The topological polar surface area (TPSA) is 64.4 Å². The first-order valence-corrected chi connectivity index (χ1v) is 10.2. The number of rotatable bonds is 5. The Morgan fingerprint density at radius 1 is 1.17 bits per heavy atom. The standard InChI is InChI=1S/C18H25N3O2S/c1-2-18(16-6-4-3-5-7-16)20-8-10-21(11-9-20)24(22,23)17-12-15(13-17)14-19/h3-7,15,17-18H,2,8-13H2,1H3. The summed E-state index contributed by atoms with van der Waals surface area (Å²) < 4.78 is 26.9. The predicted molar refractivity (Wildman–Crippen MR) is 93.7 cm³/mol. The molecule has 2 aliphatic rings. The average Bonchev–Trinajstić information content (AvgIpc) is 2.56. The number of hydrogen-bond acceptors (Lipinski definition) is 4. The third-order valence-electron chi connectivity index (χ3n) is 5.34. The van der Waals surface area contributed by atoms with Gasteiger partial charge in [-0.05, 0) is 24.8 Å². The largest absolute Gasteiger partial charge is 0.294 e. The van der Waals surface area contributed by atoms with Crippen LogP contribution in [0.25, 0.3) is 0 Å². The van der Waals surface area contributed by atoms with Crippen molar-refractivity contribution in [1.82, 2.24) is 9.21 Å². The molecule has 0 bridgehead atoms. The SMILES string of the molecule is CCC(c1ccccc1)N1CCN(S(=O)(=O)C2CC(C#N)C2)CC1. The fourth-order valence-electron chi connectivity index (χ4n) is 3.77. The van der Waals surface area contributed by atoms with Crippen molar-refractivity contribution >= 4 is 10.0 Å². The monoisotopic (exact) mass is 347 g/mol. The van der Waals surface area contributed by atoms with Gasteiger partial charge >= 0.3 is 0 Å². The van der Waals surface area contributed by atoms with Crippen molar-refractivity contribution in [1.29, 1.82) is 5.26 Å². The van der Waals surface area contributed by atoms with Crippen LogP contribution in [-0.2, 0) is 10.0 Å². The van der Waals surface area contributed by atoms with Gasteiger partial charge in [-0.2, -0.15) is 9.57 Å². The molecule has 1 aromatic rings. The zero-order chi connectivity index (χ0) is 17.2. The summed E-state index contributed by atoms with van der Waals surface area (Å²) in [5.41, 5.74) is 1.30. The second-order valence-corrected chi connectivity index (χ2v) is 8.95. The Balaban J connectivity index is 1.60. The Morgan fingerprint density at radius 2 is 1.79 bits per heavy atom. The summed E-state index contributed by atoms with van der Waals surface area (Å²) in [6.45, 7) is 4.82. The molecule has 0 amide bonds. The molecular weight excluding hydrogens is 322 g/mol. The van der Waals surface area contributed by atoms with E-state index in [2.05, 4.69) is 42.2 Å². The van der Waals surface area contributed by atoms with Crippen molar-refractivity contribution < 1.29 is 8.42 Å². The molecule has 0 spiro atoms. The lowest BCUT2D eigenvalue weighted by molar-refractivity contribution is 0.132. The highest BCUT2D eigenvalue weighted by atomic mass is 32.2. The summed E-state index contributed by atoms with van der Waals surface area (Å²) >= 11 is 0. The summed E-state index contributed by atoms with van der Waals surface area (Å²) in [5.74, 6) is -0.0754. The maximum atomic E-state index is 12.6. The number of nitrogens with zero attached hydrogens (tertiary/aromatic N) is 3. The first-order valence-electron chi connectivity index (χ1n) is 8.73. The van der Waals surface area contributed by atoms with Crippen LogP contribution in [0.1, 0.15) is 37.8 Å². The Morgan fingerprint density at radius 3 is 2.33 bits per heavy atom. The van der Waals surface area contributed by atoms with Gasteiger partial charge in [0.05, 0.1) is 11.3 Å². The van der Waals surface area contributed by atoms with Crippen LogP contribution in [0, 0.1) is 17.2 Å². The van der Waals surface area contributed by atoms with Crippen LogP contribution in [0.2, 0.25) is 0 Å². The molecule has 2 fully saturated rings. The minimum absolute atomic E-state index is 0.0754. The molecule has 0 N–H and O–H groups in total. The first kappa shape index (κ1) is 17.4. The fraction of sp³-hybridized carbons (Fsp3) is 0.611. The molecule has 1 heterocycles. The molecule has 1 saturated carbocycles.